The number of carbonyl (C=O) groups is 1. The van der Waals surface area contributed by atoms with Crippen molar-refractivity contribution < 1.29 is 9.21 Å². The van der Waals surface area contributed by atoms with Gasteiger partial charge in [0.1, 0.15) is 17.1 Å². The number of hydrogen-bond acceptors (Lipinski definition) is 4. The average molecular weight is 432 g/mol. The van der Waals surface area contributed by atoms with Crippen molar-refractivity contribution in [1.82, 2.24) is 24.5 Å². The summed E-state index contributed by atoms with van der Waals surface area (Å²) in [6.07, 6.45) is 5.32. The smallest absolute Gasteiger partial charge is 0.255 e. The summed E-state index contributed by atoms with van der Waals surface area (Å²) < 4.78 is 9.24. The van der Waals surface area contributed by atoms with Crippen LogP contribution in [-0.4, -0.2) is 25.1 Å². The van der Waals surface area contributed by atoms with Crippen LogP contribution in [0.4, 0.5) is 0 Å². The van der Waals surface area contributed by atoms with Crippen LogP contribution < -0.4 is 5.32 Å². The molecule has 1 aromatic carbocycles. The maximum atomic E-state index is 13.1. The zero-order valence-electron chi connectivity index (χ0n) is 16.6. The molecule has 0 aliphatic rings. The molecule has 4 heterocycles. The lowest BCUT2D eigenvalue weighted by atomic mass is 10.2. The number of halogens is 1. The fourth-order valence-electron chi connectivity index (χ4n) is 3.37. The van der Waals surface area contributed by atoms with Gasteiger partial charge in [-0.05, 0) is 43.3 Å². The van der Waals surface area contributed by atoms with Crippen molar-refractivity contribution in [2.75, 3.05) is 0 Å². The quantitative estimate of drug-likeness (QED) is 0.438. The van der Waals surface area contributed by atoms with Crippen molar-refractivity contribution in [2.24, 2.45) is 0 Å². The van der Waals surface area contributed by atoms with E-state index in [-0.39, 0.29) is 12.5 Å². The van der Waals surface area contributed by atoms with Gasteiger partial charge in [-0.3, -0.25) is 4.79 Å². The topological polar surface area (TPSA) is 77.4 Å². The Labute approximate surface area is 182 Å². The van der Waals surface area contributed by atoms with Crippen LogP contribution in [0.1, 0.15) is 21.8 Å². The third-order valence-corrected chi connectivity index (χ3v) is 5.07. The number of carbonyl (C=O) groups excluding carboxylic acids is 1. The number of aryl methyl sites for hydroxylation is 1. The molecule has 154 valence electrons. The van der Waals surface area contributed by atoms with Gasteiger partial charge in [-0.2, -0.15) is 5.10 Å². The summed E-state index contributed by atoms with van der Waals surface area (Å²) in [4.78, 5) is 17.6. The summed E-state index contributed by atoms with van der Waals surface area (Å²) in [6, 6.07) is 16.9. The highest BCUT2D eigenvalue weighted by atomic mass is 35.5. The first kappa shape index (κ1) is 19.1. The lowest BCUT2D eigenvalue weighted by Gasteiger charge is -2.02. The molecule has 0 atom stereocenters. The molecule has 0 spiro atoms. The SMILES string of the molecule is Cc1ccc(-c2nn(-c3ccccc3)cc2C(=O)NCc2cn3cc(Cl)ccc3n2)o1. The van der Waals surface area contributed by atoms with Crippen LogP contribution in [0.25, 0.3) is 22.8 Å². The van der Waals surface area contributed by atoms with Gasteiger partial charge in [-0.15, -0.1) is 0 Å². The monoisotopic (exact) mass is 431 g/mol. The third-order valence-electron chi connectivity index (χ3n) is 4.85. The second-order valence-electron chi connectivity index (χ2n) is 7.11. The standard InChI is InChI=1S/C23H18ClN5O2/c1-15-7-9-20(31-15)22-19(14-29(27-22)18-5-3-2-4-6-18)23(30)25-11-17-13-28-12-16(24)8-10-21(28)26-17/h2-10,12-14H,11H2,1H3,(H,25,30). The Balaban J connectivity index is 1.44. The average Bonchev–Trinajstić information content (AvgIpc) is 3.50. The van der Waals surface area contributed by atoms with Gasteiger partial charge in [-0.25, -0.2) is 9.67 Å². The summed E-state index contributed by atoms with van der Waals surface area (Å²) >= 11 is 6.03. The molecule has 1 amide bonds. The molecule has 7 nitrogen and oxygen atoms in total. The van der Waals surface area contributed by atoms with Crippen molar-refractivity contribution >= 4 is 23.2 Å². The van der Waals surface area contributed by atoms with Gasteiger partial charge in [0.25, 0.3) is 5.91 Å². The first-order valence-corrected chi connectivity index (χ1v) is 10.1. The maximum Gasteiger partial charge on any atom is 0.255 e. The maximum absolute atomic E-state index is 13.1. The minimum absolute atomic E-state index is 0.263. The number of amides is 1. The molecule has 0 radical (unpaired) electrons. The molecule has 5 rings (SSSR count). The summed E-state index contributed by atoms with van der Waals surface area (Å²) in [7, 11) is 0. The van der Waals surface area contributed by atoms with E-state index >= 15 is 0 Å². The molecule has 0 aliphatic carbocycles. The van der Waals surface area contributed by atoms with E-state index < -0.39 is 0 Å². The van der Waals surface area contributed by atoms with E-state index in [1.807, 2.05) is 66.1 Å². The normalized spacial score (nSPS) is 11.2. The van der Waals surface area contributed by atoms with Crippen molar-refractivity contribution in [3.05, 3.63) is 95.2 Å². The van der Waals surface area contributed by atoms with Crippen LogP contribution in [0.3, 0.4) is 0 Å². The van der Waals surface area contributed by atoms with Crippen molar-refractivity contribution in [3.63, 3.8) is 0 Å². The highest BCUT2D eigenvalue weighted by Gasteiger charge is 2.21. The Kier molecular flexibility index (Phi) is 4.80. The molecule has 0 saturated carbocycles. The van der Waals surface area contributed by atoms with Crippen LogP contribution >= 0.6 is 11.6 Å². The number of fused-ring (bicyclic) bond motifs is 1. The fourth-order valence-corrected chi connectivity index (χ4v) is 3.53. The first-order chi connectivity index (χ1) is 15.1. The van der Waals surface area contributed by atoms with E-state index in [1.54, 1.807) is 23.1 Å². The number of rotatable bonds is 5. The number of imidazole rings is 1. The second-order valence-corrected chi connectivity index (χ2v) is 7.55. The number of nitrogens with zero attached hydrogens (tertiary/aromatic N) is 4. The molecule has 0 saturated heterocycles. The Morgan fingerprint density at radius 3 is 2.68 bits per heavy atom. The van der Waals surface area contributed by atoms with Crippen LogP contribution in [0.15, 0.2) is 77.6 Å². The van der Waals surface area contributed by atoms with E-state index in [2.05, 4.69) is 15.4 Å². The van der Waals surface area contributed by atoms with Gasteiger partial charge in [0, 0.05) is 18.6 Å². The number of benzene rings is 1. The lowest BCUT2D eigenvalue weighted by Crippen LogP contribution is -2.23. The predicted molar refractivity (Wildman–Crippen MR) is 117 cm³/mol. The van der Waals surface area contributed by atoms with Crippen molar-refractivity contribution in [1.29, 1.82) is 0 Å². The number of hydrogen-bond donors (Lipinski definition) is 1. The van der Waals surface area contributed by atoms with E-state index in [0.717, 1.165) is 22.8 Å². The van der Waals surface area contributed by atoms with Gasteiger partial charge < -0.3 is 14.1 Å². The second kappa shape index (κ2) is 7.77. The van der Waals surface area contributed by atoms with Gasteiger partial charge in [0.05, 0.1) is 28.5 Å². The minimum Gasteiger partial charge on any atom is -0.460 e. The zero-order valence-corrected chi connectivity index (χ0v) is 17.4. The van der Waals surface area contributed by atoms with E-state index in [9.17, 15) is 4.79 Å². The number of furan rings is 1. The molecule has 0 bridgehead atoms. The number of nitrogens with one attached hydrogen (secondary N) is 1. The van der Waals surface area contributed by atoms with E-state index in [1.165, 1.54) is 0 Å². The Morgan fingerprint density at radius 1 is 1.06 bits per heavy atom. The van der Waals surface area contributed by atoms with E-state index in [4.69, 9.17) is 16.0 Å². The number of pyridine rings is 1. The van der Waals surface area contributed by atoms with Gasteiger partial charge in [0.2, 0.25) is 0 Å². The largest absolute Gasteiger partial charge is 0.460 e. The molecule has 8 heteroatoms. The van der Waals surface area contributed by atoms with Crippen LogP contribution in [-0.2, 0) is 6.54 Å². The van der Waals surface area contributed by atoms with Gasteiger partial charge in [-0.1, -0.05) is 29.8 Å². The van der Waals surface area contributed by atoms with Gasteiger partial charge in [0.15, 0.2) is 5.76 Å². The Morgan fingerprint density at radius 2 is 1.90 bits per heavy atom. The molecular formula is C23H18ClN5O2. The summed E-state index contributed by atoms with van der Waals surface area (Å²) in [6.45, 7) is 2.12. The summed E-state index contributed by atoms with van der Waals surface area (Å²) in [5.41, 5.74) is 3.24. The lowest BCUT2D eigenvalue weighted by molar-refractivity contribution is 0.0951. The van der Waals surface area contributed by atoms with E-state index in [0.29, 0.717) is 22.0 Å². The van der Waals surface area contributed by atoms with Crippen molar-refractivity contribution in [2.45, 2.75) is 13.5 Å². The summed E-state index contributed by atoms with van der Waals surface area (Å²) in [5, 5.41) is 8.16. The zero-order chi connectivity index (χ0) is 21.4. The Bertz CT molecular complexity index is 1380. The molecule has 5 aromatic rings. The highest BCUT2D eigenvalue weighted by Crippen LogP contribution is 2.26. The number of para-hydroxylation sites is 1. The molecule has 0 unspecified atom stereocenters. The van der Waals surface area contributed by atoms with Crippen LogP contribution in [0.5, 0.6) is 0 Å². The molecule has 31 heavy (non-hydrogen) atoms. The first-order valence-electron chi connectivity index (χ1n) is 9.70. The third kappa shape index (κ3) is 3.83. The van der Waals surface area contributed by atoms with Crippen molar-refractivity contribution in [3.8, 4) is 17.1 Å². The highest BCUT2D eigenvalue weighted by molar-refractivity contribution is 6.30. The minimum atomic E-state index is -0.263. The molecule has 0 fully saturated rings. The Hall–Kier alpha value is -3.84. The van der Waals surface area contributed by atoms with Gasteiger partial charge >= 0.3 is 0 Å². The molecular weight excluding hydrogens is 414 g/mol. The molecule has 4 aromatic heterocycles. The number of aromatic nitrogens is 4. The molecule has 1 N–H and O–H groups in total. The van der Waals surface area contributed by atoms with Crippen LogP contribution in [0.2, 0.25) is 5.02 Å². The molecule has 0 aliphatic heterocycles. The summed E-state index contributed by atoms with van der Waals surface area (Å²) in [5.74, 6) is 1.03. The predicted octanol–water partition coefficient (Wildman–Crippen LogP) is 4.67. The van der Waals surface area contributed by atoms with Crippen LogP contribution in [0, 0.1) is 6.92 Å². The fraction of sp³-hybridized carbons (Fsp3) is 0.0870.